The van der Waals surface area contributed by atoms with Crippen molar-refractivity contribution in [1.29, 1.82) is 0 Å². The third-order valence-electron chi connectivity index (χ3n) is 18.2. The predicted octanol–water partition coefficient (Wildman–Crippen LogP) is 3.55. The van der Waals surface area contributed by atoms with Crippen LogP contribution < -0.4 is 0 Å². The molecule has 0 aliphatic rings. The molecule has 878 valence electrons. The fourth-order valence-electron chi connectivity index (χ4n) is 10.5. The van der Waals surface area contributed by atoms with Gasteiger partial charge >= 0.3 is 0 Å². The summed E-state index contributed by atoms with van der Waals surface area (Å²) >= 11 is 1.94. The summed E-state index contributed by atoms with van der Waals surface area (Å²) in [5.74, 6) is 2.20. The van der Waals surface area contributed by atoms with Gasteiger partial charge in [-0.3, -0.25) is 0 Å². The van der Waals surface area contributed by atoms with Gasteiger partial charge in [0.25, 0.3) is 0 Å². The maximum absolute atomic E-state index is 5.61. The lowest BCUT2D eigenvalue weighted by Gasteiger charge is -2.17. The Hall–Kier alpha value is -1.49. The van der Waals surface area contributed by atoms with Crippen molar-refractivity contribution < 1.29 is 218 Å². The Morgan fingerprint density at radius 2 is 0.164 bits per heavy atom. The van der Waals surface area contributed by atoms with Crippen LogP contribution >= 0.6 is 11.8 Å². The molecule has 0 atom stereocenters. The molecule has 0 aromatic rings. The summed E-state index contributed by atoms with van der Waals surface area (Å²) in [5.41, 5.74) is 0.393. The largest absolute Gasteiger partial charge is 0.382 e. The van der Waals surface area contributed by atoms with Crippen LogP contribution in [-0.2, 0) is 218 Å². The van der Waals surface area contributed by atoms with Gasteiger partial charge in [-0.2, -0.15) is 11.8 Å². The lowest BCUT2D eigenvalue weighted by atomic mass is 9.94. The van der Waals surface area contributed by atoms with Gasteiger partial charge in [0.05, 0.1) is 601 Å². The van der Waals surface area contributed by atoms with Crippen LogP contribution in [0.15, 0.2) is 0 Å². The molecule has 0 aliphatic heterocycles. The van der Waals surface area contributed by atoms with Crippen molar-refractivity contribution in [2.75, 3.05) is 620 Å². The fraction of sp³-hybridized carbons (Fsp3) is 1.00. The van der Waals surface area contributed by atoms with Gasteiger partial charge in [-0.25, -0.2) is 0 Å². The third kappa shape index (κ3) is 143. The van der Waals surface area contributed by atoms with E-state index in [9.17, 15) is 0 Å². The Bertz CT molecular complexity index is 2010. The molecule has 0 N–H and O–H groups in total. The Labute approximate surface area is 878 Å². The van der Waals surface area contributed by atoms with E-state index in [1.807, 2.05) is 11.8 Å². The highest BCUT2D eigenvalue weighted by Gasteiger charge is 2.11. The van der Waals surface area contributed by atoms with Crippen LogP contribution in [0.25, 0.3) is 0 Å². The Balaban J connectivity index is 3.11. The van der Waals surface area contributed by atoms with Crippen molar-refractivity contribution in [2.24, 2.45) is 5.41 Å². The highest BCUT2D eigenvalue weighted by Crippen LogP contribution is 2.21. The van der Waals surface area contributed by atoms with Gasteiger partial charge in [-0.1, -0.05) is 20.8 Å². The average molecular weight is 2160 g/mol. The summed E-state index contributed by atoms with van der Waals surface area (Å²) in [5, 5.41) is 0. The van der Waals surface area contributed by atoms with Crippen molar-refractivity contribution in [3.8, 4) is 0 Å². The summed E-state index contributed by atoms with van der Waals surface area (Å²) in [6, 6.07) is 0. The van der Waals surface area contributed by atoms with Crippen LogP contribution in [0.1, 0.15) is 27.2 Å². The van der Waals surface area contributed by atoms with Crippen molar-refractivity contribution in [1.82, 2.24) is 0 Å². The topological polar surface area (TPSA) is 425 Å². The number of ether oxygens (including phenoxy) is 46. The zero-order chi connectivity index (χ0) is 104. The van der Waals surface area contributed by atoms with E-state index in [4.69, 9.17) is 218 Å². The second kappa shape index (κ2) is 138. The zero-order valence-electron chi connectivity index (χ0n) is 90.2. The van der Waals surface area contributed by atoms with E-state index in [1.165, 1.54) is 12.2 Å². The first-order valence-electron chi connectivity index (χ1n) is 52.6. The molecule has 0 amide bonds. The quantitative estimate of drug-likeness (QED) is 0.0786. The molecule has 46 nitrogen and oxygen atoms in total. The van der Waals surface area contributed by atoms with Gasteiger partial charge in [-0.15, -0.1) is 0 Å². The summed E-state index contributed by atoms with van der Waals surface area (Å²) in [4.78, 5) is 0. The molecule has 0 unspecified atom stereocenters. The Morgan fingerprint density at radius 1 is 0.0959 bits per heavy atom. The molecule has 0 bridgehead atoms. The van der Waals surface area contributed by atoms with Gasteiger partial charge in [0, 0.05) is 12.9 Å². The van der Waals surface area contributed by atoms with E-state index >= 15 is 0 Å². The normalized spacial score (nSPS) is 12.0. The Morgan fingerprint density at radius 3 is 0.233 bits per heavy atom. The van der Waals surface area contributed by atoms with Gasteiger partial charge in [0.2, 0.25) is 0 Å². The van der Waals surface area contributed by atoms with Crippen molar-refractivity contribution in [3.63, 3.8) is 0 Å². The van der Waals surface area contributed by atoms with Crippen LogP contribution in [0.5, 0.6) is 0 Å². The minimum Gasteiger partial charge on any atom is -0.382 e. The number of thioether (sulfide) groups is 1. The van der Waals surface area contributed by atoms with Crippen molar-refractivity contribution in [3.05, 3.63) is 0 Å². The average Bonchev–Trinajstić information content (AvgIpc) is 0.989. The second-order valence-corrected chi connectivity index (χ2v) is 32.7. The van der Waals surface area contributed by atoms with Crippen LogP contribution in [0.2, 0.25) is 0 Å². The molecule has 146 heavy (non-hydrogen) atoms. The first-order chi connectivity index (χ1) is 72.6. The molecule has 0 saturated carbocycles. The molecule has 0 heterocycles. The smallest absolute Gasteiger partial charge is 0.0701 e. The Kier molecular flexibility index (Phi) is 136. The molecule has 47 heteroatoms. The molecule has 0 aromatic heterocycles. The SMILES string of the molecule is COCCOCCOCCOCCOCCOCCOCCOCCOCCOCCOCCOCCOCCOCCOCCOCCOCCOCCOCCOCCOCCOCCOCCOCCOCCOCCOCCOCCOCCOCCOCCOCCOCCOCCOCCOCCOCCOCCOCCOCCOCCOCCOCCOCCOCCOCCSCCC(C)(C)C. The number of methoxy groups -OCH3 is 1. The minimum absolute atomic E-state index is 0.393. The molecule has 0 aromatic carbocycles. The standard InChI is InChI=1S/C99H200O46S/c1-99(2,3)5-97-146-98-96-145-95-94-144-93-92-143-91-90-142-89-88-141-87-86-140-85-84-139-83-82-138-81-80-137-79-78-136-77-76-135-75-74-134-73-72-133-71-70-132-69-68-131-67-66-130-65-64-129-63-62-128-61-60-127-59-58-126-57-56-125-55-54-124-53-52-123-51-50-122-49-48-121-47-46-120-45-44-119-43-42-118-41-40-117-39-38-116-37-36-115-35-34-114-33-32-113-31-30-112-29-28-111-27-26-110-25-24-109-23-22-108-21-20-107-19-18-106-17-16-105-15-14-104-13-12-103-11-10-102-9-8-101-7-6-100-4/h5-98H2,1-4H3. The molecule has 0 spiro atoms. The molecule has 0 aliphatic carbocycles. The summed E-state index contributed by atoms with van der Waals surface area (Å²) in [7, 11) is 1.64. The summed E-state index contributed by atoms with van der Waals surface area (Å²) < 4.78 is 254. The molecular formula is C99H200O46S. The van der Waals surface area contributed by atoms with Crippen LogP contribution in [0, 0.1) is 5.41 Å². The van der Waals surface area contributed by atoms with Gasteiger partial charge in [-0.05, 0) is 17.6 Å². The molecular weight excluding hydrogens is 1960 g/mol. The van der Waals surface area contributed by atoms with Crippen molar-refractivity contribution in [2.45, 2.75) is 27.2 Å². The monoisotopic (exact) mass is 2160 g/mol. The molecule has 0 saturated heterocycles. The van der Waals surface area contributed by atoms with Crippen molar-refractivity contribution >= 4 is 11.8 Å². The summed E-state index contributed by atoms with van der Waals surface area (Å²) in [6.07, 6.45) is 1.22. The number of hydrogen-bond acceptors (Lipinski definition) is 47. The lowest BCUT2D eigenvalue weighted by molar-refractivity contribution is -0.0329. The maximum atomic E-state index is 5.61. The first kappa shape index (κ1) is 145. The van der Waals surface area contributed by atoms with Crippen LogP contribution in [0.3, 0.4) is 0 Å². The van der Waals surface area contributed by atoms with E-state index in [1.54, 1.807) is 7.11 Å². The van der Waals surface area contributed by atoms with E-state index in [0.29, 0.717) is 600 Å². The third-order valence-corrected chi connectivity index (χ3v) is 19.1. The lowest BCUT2D eigenvalue weighted by Crippen LogP contribution is -2.16. The molecule has 0 rings (SSSR count). The molecule has 0 radical (unpaired) electrons. The van der Waals surface area contributed by atoms with Gasteiger partial charge in [0.15, 0.2) is 0 Å². The molecule has 0 fully saturated rings. The summed E-state index contributed by atoms with van der Waals surface area (Å²) in [6.45, 7) is 51.6. The van der Waals surface area contributed by atoms with Crippen LogP contribution in [0.4, 0.5) is 0 Å². The number of hydrogen-bond donors (Lipinski definition) is 0. The van der Waals surface area contributed by atoms with Gasteiger partial charge in [0.1, 0.15) is 0 Å². The van der Waals surface area contributed by atoms with Crippen LogP contribution in [-0.4, -0.2) is 620 Å². The van der Waals surface area contributed by atoms with E-state index < -0.39 is 0 Å². The van der Waals surface area contributed by atoms with E-state index in [-0.39, 0.29) is 0 Å². The number of rotatable bonds is 140. The highest BCUT2D eigenvalue weighted by atomic mass is 32.2. The second-order valence-electron chi connectivity index (χ2n) is 31.5. The fourth-order valence-corrected chi connectivity index (χ4v) is 11.7. The maximum Gasteiger partial charge on any atom is 0.0701 e. The van der Waals surface area contributed by atoms with Gasteiger partial charge < -0.3 is 218 Å². The zero-order valence-corrected chi connectivity index (χ0v) is 91.0. The first-order valence-corrected chi connectivity index (χ1v) is 53.8. The van der Waals surface area contributed by atoms with E-state index in [0.717, 1.165) is 12.4 Å². The minimum atomic E-state index is 0.393. The van der Waals surface area contributed by atoms with E-state index in [2.05, 4.69) is 20.8 Å². The highest BCUT2D eigenvalue weighted by molar-refractivity contribution is 7.99. The predicted molar refractivity (Wildman–Crippen MR) is 540 cm³/mol.